The van der Waals surface area contributed by atoms with Gasteiger partial charge >= 0.3 is 0 Å². The molecule has 0 saturated heterocycles. The summed E-state index contributed by atoms with van der Waals surface area (Å²) in [6, 6.07) is 0. The Hall–Kier alpha value is -0.720. The minimum atomic E-state index is -0.0531. The van der Waals surface area contributed by atoms with Gasteiger partial charge in [0.2, 0.25) is 0 Å². The van der Waals surface area contributed by atoms with E-state index in [0.29, 0.717) is 12.5 Å². The van der Waals surface area contributed by atoms with Gasteiger partial charge < -0.3 is 9.67 Å². The van der Waals surface area contributed by atoms with Gasteiger partial charge in [-0.05, 0) is 44.6 Å². The van der Waals surface area contributed by atoms with E-state index in [2.05, 4.69) is 24.0 Å². The first-order chi connectivity index (χ1) is 10.7. The smallest absolute Gasteiger partial charge is 0.199 e. The van der Waals surface area contributed by atoms with Crippen molar-refractivity contribution < 1.29 is 5.11 Å². The molecule has 1 aromatic heterocycles. The first-order valence-corrected chi connectivity index (χ1v) is 9.02. The zero-order chi connectivity index (χ0) is 15.9. The fourth-order valence-corrected chi connectivity index (χ4v) is 3.62. The minimum Gasteiger partial charge on any atom is -0.388 e. The van der Waals surface area contributed by atoms with Crippen molar-refractivity contribution in [1.82, 2.24) is 19.2 Å². The average Bonchev–Trinajstić information content (AvgIpc) is 2.83. The van der Waals surface area contributed by atoms with Gasteiger partial charge in [0.05, 0.1) is 6.67 Å². The quantitative estimate of drug-likeness (QED) is 0.745. The molecule has 1 aliphatic rings. The molecule has 1 fully saturated rings. The molecule has 0 bridgehead atoms. The standard InChI is InChI=1S/C16H30N4OS/c1-3-10-19-15(12-21)17-20(16(19)22)13-18(2)11-9-14-7-5-4-6-8-14/h14,21H,3-13H2,1-2H3. The molecule has 0 amide bonds. The number of aliphatic hydroxyl groups is 1. The van der Waals surface area contributed by atoms with Gasteiger partial charge in [-0.1, -0.05) is 39.0 Å². The summed E-state index contributed by atoms with van der Waals surface area (Å²) in [6.07, 6.45) is 9.28. The Balaban J connectivity index is 1.90. The zero-order valence-electron chi connectivity index (χ0n) is 14.0. The maximum absolute atomic E-state index is 9.43. The zero-order valence-corrected chi connectivity index (χ0v) is 14.8. The third-order valence-electron chi connectivity index (χ3n) is 4.61. The van der Waals surface area contributed by atoms with Gasteiger partial charge in [0.25, 0.3) is 0 Å². The average molecular weight is 327 g/mol. The summed E-state index contributed by atoms with van der Waals surface area (Å²) in [7, 11) is 2.13. The van der Waals surface area contributed by atoms with Crippen molar-refractivity contribution in [2.75, 3.05) is 13.6 Å². The van der Waals surface area contributed by atoms with E-state index < -0.39 is 0 Å². The summed E-state index contributed by atoms with van der Waals surface area (Å²) in [5.74, 6) is 1.57. The molecule has 0 unspecified atom stereocenters. The Morgan fingerprint density at radius 2 is 2.05 bits per heavy atom. The summed E-state index contributed by atoms with van der Waals surface area (Å²) in [4.78, 5) is 2.29. The Bertz CT molecular complexity index is 505. The predicted molar refractivity (Wildman–Crippen MR) is 91.1 cm³/mol. The van der Waals surface area contributed by atoms with E-state index in [1.165, 1.54) is 38.5 Å². The highest BCUT2D eigenvalue weighted by molar-refractivity contribution is 7.71. The molecule has 126 valence electrons. The molecule has 0 atom stereocenters. The Kier molecular flexibility index (Phi) is 7.05. The van der Waals surface area contributed by atoms with Gasteiger partial charge in [0.1, 0.15) is 6.61 Å². The van der Waals surface area contributed by atoms with E-state index in [-0.39, 0.29) is 6.61 Å². The second kappa shape index (κ2) is 8.79. The third-order valence-corrected chi connectivity index (χ3v) is 5.04. The first kappa shape index (κ1) is 17.6. The summed E-state index contributed by atoms with van der Waals surface area (Å²) in [5, 5.41) is 13.9. The van der Waals surface area contributed by atoms with Crippen LogP contribution in [0.5, 0.6) is 0 Å². The van der Waals surface area contributed by atoms with Crippen LogP contribution in [-0.2, 0) is 19.8 Å². The molecule has 0 spiro atoms. The van der Waals surface area contributed by atoms with E-state index >= 15 is 0 Å². The maximum atomic E-state index is 9.43. The van der Waals surface area contributed by atoms with Crippen LogP contribution in [0.1, 0.15) is 57.7 Å². The van der Waals surface area contributed by atoms with Crippen LogP contribution in [0.15, 0.2) is 0 Å². The number of nitrogens with zero attached hydrogens (tertiary/aromatic N) is 4. The highest BCUT2D eigenvalue weighted by Crippen LogP contribution is 2.26. The highest BCUT2D eigenvalue weighted by atomic mass is 32.1. The van der Waals surface area contributed by atoms with Crippen LogP contribution in [0.3, 0.4) is 0 Å². The number of aliphatic hydroxyl groups excluding tert-OH is 1. The molecule has 1 aromatic rings. The molecule has 0 aromatic carbocycles. The number of aromatic nitrogens is 3. The maximum Gasteiger partial charge on any atom is 0.199 e. The largest absolute Gasteiger partial charge is 0.388 e. The summed E-state index contributed by atoms with van der Waals surface area (Å²) in [5.41, 5.74) is 0. The topological polar surface area (TPSA) is 46.2 Å². The summed E-state index contributed by atoms with van der Waals surface area (Å²) < 4.78 is 4.51. The fourth-order valence-electron chi connectivity index (χ4n) is 3.32. The summed E-state index contributed by atoms with van der Waals surface area (Å²) >= 11 is 5.50. The lowest BCUT2D eigenvalue weighted by molar-refractivity contribution is 0.215. The molecule has 6 heteroatoms. The molecule has 1 aliphatic carbocycles. The Labute approximate surface area is 138 Å². The molecule has 5 nitrogen and oxygen atoms in total. The van der Waals surface area contributed by atoms with Gasteiger partial charge in [-0.3, -0.25) is 4.90 Å². The SMILES string of the molecule is CCCn1c(CO)nn(CN(C)CCC2CCCCC2)c1=S. The van der Waals surface area contributed by atoms with Crippen LogP contribution in [-0.4, -0.2) is 37.9 Å². The molecule has 0 radical (unpaired) electrons. The lowest BCUT2D eigenvalue weighted by Gasteiger charge is -2.24. The van der Waals surface area contributed by atoms with Crippen LogP contribution in [0, 0.1) is 10.7 Å². The minimum absolute atomic E-state index is 0.0531. The van der Waals surface area contributed by atoms with Crippen molar-refractivity contribution in [2.24, 2.45) is 5.92 Å². The monoisotopic (exact) mass is 326 g/mol. The van der Waals surface area contributed by atoms with Crippen LogP contribution in [0.4, 0.5) is 0 Å². The van der Waals surface area contributed by atoms with Gasteiger partial charge in [-0.15, -0.1) is 0 Å². The fraction of sp³-hybridized carbons (Fsp3) is 0.875. The van der Waals surface area contributed by atoms with Crippen molar-refractivity contribution in [3.63, 3.8) is 0 Å². The van der Waals surface area contributed by atoms with Crippen LogP contribution >= 0.6 is 12.2 Å². The van der Waals surface area contributed by atoms with Gasteiger partial charge in [0.15, 0.2) is 10.6 Å². The van der Waals surface area contributed by atoms with E-state index in [1.807, 2.05) is 9.25 Å². The molecule has 1 N–H and O–H groups in total. The van der Waals surface area contributed by atoms with E-state index in [1.54, 1.807) is 0 Å². The first-order valence-electron chi connectivity index (χ1n) is 8.61. The van der Waals surface area contributed by atoms with Crippen molar-refractivity contribution in [1.29, 1.82) is 0 Å². The summed E-state index contributed by atoms with van der Waals surface area (Å²) in [6.45, 7) is 4.66. The lowest BCUT2D eigenvalue weighted by Crippen LogP contribution is -2.26. The van der Waals surface area contributed by atoms with Crippen molar-refractivity contribution in [3.8, 4) is 0 Å². The van der Waals surface area contributed by atoms with Gasteiger partial charge in [-0.25, -0.2) is 4.68 Å². The number of hydrogen-bond acceptors (Lipinski definition) is 4. The Morgan fingerprint density at radius 3 is 2.68 bits per heavy atom. The van der Waals surface area contributed by atoms with E-state index in [4.69, 9.17) is 12.2 Å². The Morgan fingerprint density at radius 1 is 1.32 bits per heavy atom. The van der Waals surface area contributed by atoms with Crippen molar-refractivity contribution in [2.45, 2.75) is 71.7 Å². The van der Waals surface area contributed by atoms with Crippen LogP contribution in [0.2, 0.25) is 0 Å². The second-order valence-corrected chi connectivity index (χ2v) is 6.89. The van der Waals surface area contributed by atoms with Crippen molar-refractivity contribution in [3.05, 3.63) is 10.6 Å². The number of hydrogen-bond donors (Lipinski definition) is 1. The normalized spacial score (nSPS) is 16.5. The van der Waals surface area contributed by atoms with E-state index in [0.717, 1.165) is 30.2 Å². The third kappa shape index (κ3) is 4.64. The van der Waals surface area contributed by atoms with Gasteiger partial charge in [-0.2, -0.15) is 5.10 Å². The molecular formula is C16H30N4OS. The predicted octanol–water partition coefficient (Wildman–Crippen LogP) is 3.18. The molecular weight excluding hydrogens is 296 g/mol. The second-order valence-electron chi connectivity index (χ2n) is 6.52. The lowest BCUT2D eigenvalue weighted by atomic mass is 9.87. The van der Waals surface area contributed by atoms with Crippen LogP contribution < -0.4 is 0 Å². The highest BCUT2D eigenvalue weighted by Gasteiger charge is 2.15. The van der Waals surface area contributed by atoms with Crippen LogP contribution in [0.25, 0.3) is 0 Å². The molecule has 2 rings (SSSR count). The molecule has 0 aliphatic heterocycles. The van der Waals surface area contributed by atoms with Gasteiger partial charge in [0, 0.05) is 6.54 Å². The number of rotatable bonds is 8. The molecule has 1 heterocycles. The molecule has 1 saturated carbocycles. The molecule has 22 heavy (non-hydrogen) atoms. The van der Waals surface area contributed by atoms with Crippen molar-refractivity contribution >= 4 is 12.2 Å². The van der Waals surface area contributed by atoms with E-state index in [9.17, 15) is 5.11 Å².